The molecular weight excluding hydrogens is 384 g/mol. The molecule has 0 aliphatic carbocycles. The van der Waals surface area contributed by atoms with Gasteiger partial charge in [-0.2, -0.15) is 0 Å². The highest BCUT2D eigenvalue weighted by Gasteiger charge is 2.25. The van der Waals surface area contributed by atoms with Crippen LogP contribution >= 0.6 is 0 Å². The number of hydrogen-bond donors (Lipinski definition) is 2. The summed E-state index contributed by atoms with van der Waals surface area (Å²) in [5, 5.41) is 3.40. The first-order chi connectivity index (χ1) is 14.8. The van der Waals surface area contributed by atoms with E-state index < -0.39 is 0 Å². The van der Waals surface area contributed by atoms with Gasteiger partial charge in [0.25, 0.3) is 0 Å². The Kier molecular flexibility index (Phi) is 7.60. The molecule has 3 N–H and O–H groups in total. The van der Waals surface area contributed by atoms with E-state index in [9.17, 15) is 4.79 Å². The van der Waals surface area contributed by atoms with Crippen molar-refractivity contribution in [2.75, 3.05) is 44.3 Å². The van der Waals surface area contributed by atoms with E-state index >= 15 is 0 Å². The van der Waals surface area contributed by atoms with E-state index in [4.69, 9.17) is 5.73 Å². The van der Waals surface area contributed by atoms with Gasteiger partial charge in [0.1, 0.15) is 0 Å². The maximum absolute atomic E-state index is 12.9. The van der Waals surface area contributed by atoms with Crippen molar-refractivity contribution >= 4 is 17.3 Å². The standard InChI is InChI=1S/C26H38N4O/c1-18-20(3)26(21(4)19(2)25(18)27)28-17-24(31)29(5)23-12-15-30(16-13-23)14-11-22-9-7-6-8-10-22/h6-10,23,28H,11-17,27H2,1-5H3. The molecule has 5 heteroatoms. The minimum atomic E-state index is 0.147. The van der Waals surface area contributed by atoms with E-state index in [1.807, 2.05) is 25.8 Å². The number of likely N-dealkylation sites (tertiary alicyclic amines) is 1. The van der Waals surface area contributed by atoms with Gasteiger partial charge in [0.05, 0.1) is 6.54 Å². The topological polar surface area (TPSA) is 61.6 Å². The Hall–Kier alpha value is -2.53. The lowest BCUT2D eigenvalue weighted by Gasteiger charge is -2.37. The Morgan fingerprint density at radius 3 is 2.19 bits per heavy atom. The van der Waals surface area contributed by atoms with Crippen molar-refractivity contribution in [3.8, 4) is 0 Å². The van der Waals surface area contributed by atoms with Crippen LogP contribution in [0.15, 0.2) is 30.3 Å². The number of hydrogen-bond acceptors (Lipinski definition) is 4. The summed E-state index contributed by atoms with van der Waals surface area (Å²) in [6.07, 6.45) is 3.16. The Labute approximate surface area is 187 Å². The number of nitrogens with one attached hydrogen (secondary N) is 1. The van der Waals surface area contributed by atoms with Gasteiger partial charge in [0, 0.05) is 44.1 Å². The summed E-state index contributed by atoms with van der Waals surface area (Å²) in [5.41, 5.74) is 13.9. The third kappa shape index (κ3) is 5.40. The Morgan fingerprint density at radius 2 is 1.61 bits per heavy atom. The summed E-state index contributed by atoms with van der Waals surface area (Å²) < 4.78 is 0. The first-order valence-corrected chi connectivity index (χ1v) is 11.4. The van der Waals surface area contributed by atoms with E-state index in [1.165, 1.54) is 5.56 Å². The van der Waals surface area contributed by atoms with Crippen molar-refractivity contribution in [3.63, 3.8) is 0 Å². The average Bonchev–Trinajstić information content (AvgIpc) is 2.80. The Morgan fingerprint density at radius 1 is 1.03 bits per heavy atom. The molecule has 1 fully saturated rings. The van der Waals surface area contributed by atoms with Gasteiger partial charge in [-0.1, -0.05) is 30.3 Å². The Bertz CT molecular complexity index is 872. The van der Waals surface area contributed by atoms with Gasteiger partial charge in [0.2, 0.25) is 5.91 Å². The highest BCUT2D eigenvalue weighted by Crippen LogP contribution is 2.32. The molecule has 3 rings (SSSR count). The number of nitrogen functional groups attached to an aromatic ring is 1. The molecule has 2 aromatic carbocycles. The SMILES string of the molecule is Cc1c(C)c(NCC(=O)N(C)C2CCN(CCc3ccccc3)CC2)c(C)c(C)c1N. The van der Waals surface area contributed by atoms with Gasteiger partial charge in [-0.15, -0.1) is 0 Å². The second-order valence-corrected chi connectivity index (χ2v) is 8.96. The van der Waals surface area contributed by atoms with Crippen LogP contribution in [-0.2, 0) is 11.2 Å². The molecule has 1 aliphatic rings. The van der Waals surface area contributed by atoms with Crippen LogP contribution in [0, 0.1) is 27.7 Å². The van der Waals surface area contributed by atoms with Gasteiger partial charge in [-0.3, -0.25) is 4.79 Å². The predicted octanol–water partition coefficient (Wildman–Crippen LogP) is 4.08. The molecule has 1 aliphatic heterocycles. The second-order valence-electron chi connectivity index (χ2n) is 8.96. The van der Waals surface area contributed by atoms with Crippen LogP contribution in [-0.4, -0.2) is 55.0 Å². The Balaban J connectivity index is 1.49. The van der Waals surface area contributed by atoms with E-state index in [2.05, 4.69) is 54.4 Å². The zero-order valence-electron chi connectivity index (χ0n) is 19.8. The van der Waals surface area contributed by atoms with Gasteiger partial charge >= 0.3 is 0 Å². The number of amides is 1. The van der Waals surface area contributed by atoms with Crippen LogP contribution in [0.1, 0.15) is 40.7 Å². The summed E-state index contributed by atoms with van der Waals surface area (Å²) in [6, 6.07) is 11.0. The van der Waals surface area contributed by atoms with Gasteiger partial charge < -0.3 is 20.9 Å². The highest BCUT2D eigenvalue weighted by atomic mass is 16.2. The number of rotatable bonds is 7. The molecule has 0 atom stereocenters. The van der Waals surface area contributed by atoms with Crippen LogP contribution in [0.3, 0.4) is 0 Å². The van der Waals surface area contributed by atoms with Crippen LogP contribution in [0.4, 0.5) is 11.4 Å². The largest absolute Gasteiger partial charge is 0.398 e. The molecule has 0 radical (unpaired) electrons. The number of benzene rings is 2. The first kappa shape index (κ1) is 23.1. The van der Waals surface area contributed by atoms with Gasteiger partial charge in [0.15, 0.2) is 0 Å². The van der Waals surface area contributed by atoms with Crippen molar-refractivity contribution in [2.45, 2.75) is 53.0 Å². The first-order valence-electron chi connectivity index (χ1n) is 11.4. The van der Waals surface area contributed by atoms with Crippen molar-refractivity contribution in [1.82, 2.24) is 9.80 Å². The molecule has 31 heavy (non-hydrogen) atoms. The minimum Gasteiger partial charge on any atom is -0.398 e. The summed E-state index contributed by atoms with van der Waals surface area (Å²) in [7, 11) is 1.95. The number of nitrogens with zero attached hydrogens (tertiary/aromatic N) is 2. The van der Waals surface area contributed by atoms with E-state index in [-0.39, 0.29) is 5.91 Å². The zero-order chi connectivity index (χ0) is 22.5. The molecule has 1 amide bonds. The number of nitrogens with two attached hydrogens (primary N) is 1. The van der Waals surface area contributed by atoms with E-state index in [0.717, 1.165) is 72.5 Å². The smallest absolute Gasteiger partial charge is 0.241 e. The molecule has 2 aromatic rings. The second kappa shape index (κ2) is 10.2. The maximum Gasteiger partial charge on any atom is 0.241 e. The number of anilines is 2. The quantitative estimate of drug-likeness (QED) is 0.660. The van der Waals surface area contributed by atoms with Crippen LogP contribution in [0.2, 0.25) is 0 Å². The molecule has 0 spiro atoms. The summed E-state index contributed by atoms with van der Waals surface area (Å²) >= 11 is 0. The molecule has 0 unspecified atom stereocenters. The average molecular weight is 423 g/mol. The maximum atomic E-state index is 12.9. The highest BCUT2D eigenvalue weighted by molar-refractivity contribution is 5.82. The fourth-order valence-corrected chi connectivity index (χ4v) is 4.56. The summed E-state index contributed by atoms with van der Waals surface area (Å²) in [6.45, 7) is 11.7. The molecule has 0 saturated carbocycles. The fourth-order valence-electron chi connectivity index (χ4n) is 4.56. The van der Waals surface area contributed by atoms with Gasteiger partial charge in [-0.05, 0) is 74.8 Å². The predicted molar refractivity (Wildman–Crippen MR) is 131 cm³/mol. The minimum absolute atomic E-state index is 0.147. The number of carbonyl (C=O) groups is 1. The number of carbonyl (C=O) groups excluding carboxylic acids is 1. The normalized spacial score (nSPS) is 15.1. The van der Waals surface area contributed by atoms with Crippen molar-refractivity contribution in [3.05, 3.63) is 58.1 Å². The van der Waals surface area contributed by atoms with Gasteiger partial charge in [-0.25, -0.2) is 0 Å². The van der Waals surface area contributed by atoms with E-state index in [0.29, 0.717) is 12.6 Å². The third-order valence-electron chi connectivity index (χ3n) is 7.16. The molecule has 1 saturated heterocycles. The third-order valence-corrected chi connectivity index (χ3v) is 7.16. The molecule has 168 valence electrons. The molecule has 5 nitrogen and oxygen atoms in total. The molecule has 0 bridgehead atoms. The van der Waals surface area contributed by atoms with Crippen LogP contribution in [0.25, 0.3) is 0 Å². The molecular formula is C26H38N4O. The van der Waals surface area contributed by atoms with Crippen LogP contribution in [0.5, 0.6) is 0 Å². The fraction of sp³-hybridized carbons (Fsp3) is 0.500. The summed E-state index contributed by atoms with van der Waals surface area (Å²) in [4.78, 5) is 17.4. The van der Waals surface area contributed by atoms with Crippen molar-refractivity contribution < 1.29 is 4.79 Å². The van der Waals surface area contributed by atoms with E-state index in [1.54, 1.807) is 0 Å². The van der Waals surface area contributed by atoms with Crippen molar-refractivity contribution in [1.29, 1.82) is 0 Å². The lowest BCUT2D eigenvalue weighted by Crippen LogP contribution is -2.47. The summed E-state index contributed by atoms with van der Waals surface area (Å²) in [5.74, 6) is 0.147. The van der Waals surface area contributed by atoms with Crippen LogP contribution < -0.4 is 11.1 Å². The number of likely N-dealkylation sites (N-methyl/N-ethyl adjacent to an activating group) is 1. The molecule has 0 aromatic heterocycles. The number of piperidine rings is 1. The lowest BCUT2D eigenvalue weighted by molar-refractivity contribution is -0.130. The van der Waals surface area contributed by atoms with Crippen molar-refractivity contribution in [2.24, 2.45) is 0 Å². The zero-order valence-corrected chi connectivity index (χ0v) is 19.8. The lowest BCUT2D eigenvalue weighted by atomic mass is 9.96. The monoisotopic (exact) mass is 422 g/mol. The molecule has 1 heterocycles.